The van der Waals surface area contributed by atoms with Crippen molar-refractivity contribution >= 4 is 59.3 Å². The smallest absolute Gasteiger partial charge is 0.0726 e. The fourth-order valence-electron chi connectivity index (χ4n) is 11.8. The van der Waals surface area contributed by atoms with Gasteiger partial charge in [-0.05, 0) is 95.7 Å². The second-order valence-corrected chi connectivity index (χ2v) is 18.8. The molecule has 12 aromatic rings. The van der Waals surface area contributed by atoms with Crippen LogP contribution >= 0.6 is 11.3 Å². The van der Waals surface area contributed by atoms with Gasteiger partial charge in [-0.15, -0.1) is 11.3 Å². The van der Waals surface area contributed by atoms with Crippen LogP contribution in [0.15, 0.2) is 249 Å². The second-order valence-electron chi connectivity index (χ2n) is 17.8. The summed E-state index contributed by atoms with van der Waals surface area (Å²) in [6, 6.07) is 92.6. The van der Waals surface area contributed by atoms with E-state index in [1.165, 1.54) is 109 Å². The van der Waals surface area contributed by atoms with E-state index in [1.807, 2.05) is 11.3 Å². The van der Waals surface area contributed by atoms with Gasteiger partial charge in [-0.25, -0.2) is 0 Å². The minimum Gasteiger partial charge on any atom is -0.309 e. The monoisotopic (exact) mass is 867 g/mol. The molecule has 11 aromatic carbocycles. The Hall–Kier alpha value is -8.30. The van der Waals surface area contributed by atoms with Gasteiger partial charge in [0.2, 0.25) is 0 Å². The summed E-state index contributed by atoms with van der Waals surface area (Å²) in [5, 5.41) is 4.97. The van der Waals surface area contributed by atoms with Crippen LogP contribution in [-0.2, 0) is 5.41 Å². The zero-order chi connectivity index (χ0) is 44.1. The summed E-state index contributed by atoms with van der Waals surface area (Å²) < 4.78 is 2.56. The Balaban J connectivity index is 1.14. The highest BCUT2D eigenvalue weighted by molar-refractivity contribution is 7.27. The Kier molecular flexibility index (Phi) is 8.44. The maximum absolute atomic E-state index is 2.62. The molecule has 0 N–H and O–H groups in total. The average Bonchev–Trinajstić information content (AvgIpc) is 4.05. The lowest BCUT2D eigenvalue weighted by Gasteiger charge is -2.33. The molecule has 1 nitrogen and oxygen atoms in total. The summed E-state index contributed by atoms with van der Waals surface area (Å²) in [6.07, 6.45) is 0. The molecule has 312 valence electrons. The first kappa shape index (κ1) is 38.0. The van der Waals surface area contributed by atoms with Gasteiger partial charge in [-0.2, -0.15) is 0 Å². The Morgan fingerprint density at radius 2 is 0.761 bits per heavy atom. The van der Waals surface area contributed by atoms with Gasteiger partial charge in [0.05, 0.1) is 22.5 Å². The lowest BCUT2D eigenvalue weighted by Crippen LogP contribution is -2.26. The number of hydrogen-bond acceptors (Lipinski definition) is 2. The van der Waals surface area contributed by atoms with E-state index in [0.29, 0.717) is 0 Å². The summed E-state index contributed by atoms with van der Waals surface area (Å²) in [4.78, 5) is 2.62. The Bertz CT molecular complexity index is 3890. The van der Waals surface area contributed by atoms with Crippen molar-refractivity contribution in [1.82, 2.24) is 0 Å². The number of rotatable bonds is 6. The summed E-state index contributed by atoms with van der Waals surface area (Å²) in [6.45, 7) is 0. The molecule has 0 atom stereocenters. The van der Waals surface area contributed by atoms with Crippen LogP contribution in [0.1, 0.15) is 22.3 Å². The van der Waals surface area contributed by atoms with Crippen LogP contribution in [0.2, 0.25) is 0 Å². The lowest BCUT2D eigenvalue weighted by atomic mass is 9.70. The third kappa shape index (κ3) is 5.42. The van der Waals surface area contributed by atoms with Crippen LogP contribution in [0.3, 0.4) is 0 Å². The molecule has 0 amide bonds. The topological polar surface area (TPSA) is 3.24 Å². The van der Waals surface area contributed by atoms with Crippen LogP contribution in [-0.4, -0.2) is 0 Å². The van der Waals surface area contributed by atoms with E-state index in [0.717, 1.165) is 17.1 Å². The van der Waals surface area contributed by atoms with Gasteiger partial charge in [0, 0.05) is 31.3 Å². The average molecular weight is 868 g/mol. The quantitative estimate of drug-likeness (QED) is 0.161. The maximum Gasteiger partial charge on any atom is 0.0726 e. The third-order valence-corrected chi connectivity index (χ3v) is 15.8. The molecule has 2 aliphatic carbocycles. The lowest BCUT2D eigenvalue weighted by molar-refractivity contribution is 0.794. The molecule has 0 saturated heterocycles. The van der Waals surface area contributed by atoms with E-state index in [1.54, 1.807) is 0 Å². The van der Waals surface area contributed by atoms with Gasteiger partial charge in [0.15, 0.2) is 0 Å². The number of thiophene rings is 1. The van der Waals surface area contributed by atoms with Crippen LogP contribution in [0.5, 0.6) is 0 Å². The van der Waals surface area contributed by atoms with Gasteiger partial charge in [0.1, 0.15) is 0 Å². The molecule has 14 rings (SSSR count). The fourth-order valence-corrected chi connectivity index (χ4v) is 13.2. The van der Waals surface area contributed by atoms with E-state index in [9.17, 15) is 0 Å². The first-order valence-corrected chi connectivity index (χ1v) is 24.0. The first-order chi connectivity index (χ1) is 33.3. The normalized spacial score (nSPS) is 12.9. The fraction of sp³-hybridized carbons (Fsp3) is 0.0154. The molecule has 0 aliphatic heterocycles. The summed E-state index contributed by atoms with van der Waals surface area (Å²) in [5.41, 5.74) is 20.7. The maximum atomic E-state index is 2.62. The van der Waals surface area contributed by atoms with Crippen molar-refractivity contribution in [3.63, 3.8) is 0 Å². The van der Waals surface area contributed by atoms with Crippen molar-refractivity contribution in [1.29, 1.82) is 0 Å². The van der Waals surface area contributed by atoms with Crippen LogP contribution in [0.25, 0.3) is 86.6 Å². The third-order valence-electron chi connectivity index (χ3n) is 14.5. The van der Waals surface area contributed by atoms with E-state index in [-0.39, 0.29) is 0 Å². The summed E-state index contributed by atoms with van der Waals surface area (Å²) in [7, 11) is 0. The van der Waals surface area contributed by atoms with E-state index in [4.69, 9.17) is 0 Å². The number of fused-ring (bicyclic) bond motifs is 14. The predicted molar refractivity (Wildman–Crippen MR) is 284 cm³/mol. The highest BCUT2D eigenvalue weighted by atomic mass is 32.1. The second kappa shape index (κ2) is 14.9. The van der Waals surface area contributed by atoms with Gasteiger partial charge in [0.25, 0.3) is 0 Å². The highest BCUT2D eigenvalue weighted by Crippen LogP contribution is 2.65. The molecule has 1 heterocycles. The van der Waals surface area contributed by atoms with Crippen molar-refractivity contribution in [3.05, 3.63) is 271 Å². The molecule has 67 heavy (non-hydrogen) atoms. The van der Waals surface area contributed by atoms with Crippen molar-refractivity contribution in [2.24, 2.45) is 0 Å². The van der Waals surface area contributed by atoms with Gasteiger partial charge < -0.3 is 4.90 Å². The largest absolute Gasteiger partial charge is 0.309 e. The predicted octanol–water partition coefficient (Wildman–Crippen LogP) is 18.0. The first-order valence-electron chi connectivity index (χ1n) is 23.2. The molecule has 2 aliphatic rings. The number of nitrogens with zero attached hydrogens (tertiary/aromatic N) is 1. The molecular weight excluding hydrogens is 827 g/mol. The minimum atomic E-state index is -0.484. The number of para-hydroxylation sites is 1. The summed E-state index contributed by atoms with van der Waals surface area (Å²) in [5.74, 6) is 0. The van der Waals surface area contributed by atoms with Gasteiger partial charge >= 0.3 is 0 Å². The van der Waals surface area contributed by atoms with Crippen LogP contribution in [0.4, 0.5) is 17.1 Å². The minimum absolute atomic E-state index is 0.484. The zero-order valence-corrected chi connectivity index (χ0v) is 37.3. The highest BCUT2D eigenvalue weighted by Gasteiger charge is 2.52. The molecule has 0 radical (unpaired) electrons. The number of hydrogen-bond donors (Lipinski definition) is 0. The van der Waals surface area contributed by atoms with E-state index in [2.05, 4.69) is 254 Å². The number of anilines is 3. The molecule has 1 aromatic heterocycles. The van der Waals surface area contributed by atoms with Crippen molar-refractivity contribution in [3.8, 4) is 55.6 Å². The van der Waals surface area contributed by atoms with Crippen molar-refractivity contribution < 1.29 is 0 Å². The van der Waals surface area contributed by atoms with Crippen molar-refractivity contribution in [2.45, 2.75) is 5.41 Å². The van der Waals surface area contributed by atoms with E-state index >= 15 is 0 Å². The summed E-state index contributed by atoms with van der Waals surface area (Å²) >= 11 is 1.92. The number of benzene rings is 11. The molecule has 1 spiro atoms. The van der Waals surface area contributed by atoms with Gasteiger partial charge in [-0.3, -0.25) is 0 Å². The molecule has 0 unspecified atom stereocenters. The molecule has 0 saturated carbocycles. The SMILES string of the molecule is c1ccc(-c2cccc3c2sc2c(-c4ccccc4)ccc(N(c4ccccc4-c4cccc5ccccc45)c4cccc5c4-c4ccccc4C54c5ccccc5-c5ccccc54)c23)cc1. The molecule has 0 bridgehead atoms. The molecule has 0 fully saturated rings. The van der Waals surface area contributed by atoms with E-state index < -0.39 is 5.41 Å². The molecular formula is C65H41NS. The van der Waals surface area contributed by atoms with Gasteiger partial charge in [-0.1, -0.05) is 231 Å². The Morgan fingerprint density at radius 3 is 1.49 bits per heavy atom. The Labute approximate surface area is 394 Å². The van der Waals surface area contributed by atoms with Crippen molar-refractivity contribution in [2.75, 3.05) is 4.90 Å². The Morgan fingerprint density at radius 1 is 0.284 bits per heavy atom. The van der Waals surface area contributed by atoms with Crippen LogP contribution in [0, 0.1) is 0 Å². The molecule has 2 heteroatoms. The zero-order valence-electron chi connectivity index (χ0n) is 36.5. The van der Waals surface area contributed by atoms with Crippen LogP contribution < -0.4 is 4.90 Å². The standard InChI is InChI=1S/C65H41NS/c1-3-20-43(21-4-1)46-31-18-33-53-62-60(41-40-47(64(62)67-63(46)53)44-22-5-2-6-23-44)66(58-38-16-12-29-51(58)48-32-17-25-42-24-7-8-26-45(42)48)59-39-19-37-57-61(59)52-30-11-15-36-56(52)65(57)54-34-13-9-27-49(54)50-28-10-14-35-55(50)65/h1-41H.